The van der Waals surface area contributed by atoms with Crippen molar-refractivity contribution in [3.8, 4) is 0 Å². The third-order valence-electron chi connectivity index (χ3n) is 4.90. The minimum absolute atomic E-state index is 0.200. The van der Waals surface area contributed by atoms with Gasteiger partial charge in [0.15, 0.2) is 0 Å². The molecule has 2 aromatic carbocycles. The van der Waals surface area contributed by atoms with Crippen molar-refractivity contribution < 1.29 is 19.8 Å². The number of H-pyrrole nitrogens is 1. The standard InChI is InChI=1S/C20H18N2O4/c23-19(24)13-6-7-17-14(8-13)15-10-22(9-12-4-2-1-3-5-12)11-16(20(25)26)18(15)21-17/h1-8,16,21H,9-11H2,(H,23,24)(H,25,26). The topological polar surface area (TPSA) is 93.6 Å². The van der Waals surface area contributed by atoms with Crippen LogP contribution >= 0.6 is 0 Å². The van der Waals surface area contributed by atoms with E-state index in [1.807, 2.05) is 30.3 Å². The van der Waals surface area contributed by atoms with Crippen molar-refractivity contribution in [1.29, 1.82) is 0 Å². The Morgan fingerprint density at radius 3 is 2.58 bits per heavy atom. The minimum atomic E-state index is -0.992. The van der Waals surface area contributed by atoms with Crippen LogP contribution in [0.2, 0.25) is 0 Å². The number of carboxylic acid groups (broad SMARTS) is 2. The van der Waals surface area contributed by atoms with Gasteiger partial charge in [-0.25, -0.2) is 4.79 Å². The molecule has 4 rings (SSSR count). The van der Waals surface area contributed by atoms with Crippen LogP contribution in [0.5, 0.6) is 0 Å². The molecule has 3 aromatic rings. The SMILES string of the molecule is O=C(O)c1ccc2[nH]c3c(c2c1)CN(Cc1ccccc1)CC3C(=O)O. The smallest absolute Gasteiger partial charge is 0.335 e. The Morgan fingerprint density at radius 2 is 1.88 bits per heavy atom. The molecular weight excluding hydrogens is 332 g/mol. The highest BCUT2D eigenvalue weighted by molar-refractivity contribution is 5.96. The second-order valence-electron chi connectivity index (χ2n) is 6.63. The molecule has 3 N–H and O–H groups in total. The molecule has 0 aliphatic carbocycles. The van der Waals surface area contributed by atoms with E-state index in [-0.39, 0.29) is 5.56 Å². The fourth-order valence-electron chi connectivity index (χ4n) is 3.67. The average molecular weight is 350 g/mol. The van der Waals surface area contributed by atoms with Crippen molar-refractivity contribution in [1.82, 2.24) is 9.88 Å². The number of aromatic amines is 1. The van der Waals surface area contributed by atoms with Gasteiger partial charge in [0.1, 0.15) is 5.92 Å². The largest absolute Gasteiger partial charge is 0.481 e. The van der Waals surface area contributed by atoms with Gasteiger partial charge in [0.25, 0.3) is 0 Å². The van der Waals surface area contributed by atoms with E-state index in [9.17, 15) is 19.8 Å². The van der Waals surface area contributed by atoms with Crippen molar-refractivity contribution in [2.45, 2.75) is 19.0 Å². The maximum Gasteiger partial charge on any atom is 0.335 e. The summed E-state index contributed by atoms with van der Waals surface area (Å²) in [5.41, 5.74) is 3.64. The maximum atomic E-state index is 11.8. The van der Waals surface area contributed by atoms with Gasteiger partial charge in [-0.2, -0.15) is 0 Å². The molecule has 1 aromatic heterocycles. The van der Waals surface area contributed by atoms with Crippen LogP contribution in [-0.2, 0) is 17.9 Å². The molecule has 0 fully saturated rings. The number of aromatic carboxylic acids is 1. The summed E-state index contributed by atoms with van der Waals surface area (Å²) in [6.07, 6.45) is 0. The Labute approximate surface area is 149 Å². The number of hydrogen-bond acceptors (Lipinski definition) is 3. The number of carbonyl (C=O) groups is 2. The molecule has 1 aliphatic rings. The van der Waals surface area contributed by atoms with Crippen LogP contribution in [-0.4, -0.2) is 38.6 Å². The molecule has 6 nitrogen and oxygen atoms in total. The Balaban J connectivity index is 1.77. The lowest BCUT2D eigenvalue weighted by molar-refractivity contribution is -0.139. The van der Waals surface area contributed by atoms with Crippen LogP contribution in [0.1, 0.15) is 33.1 Å². The van der Waals surface area contributed by atoms with E-state index in [1.54, 1.807) is 12.1 Å². The quantitative estimate of drug-likeness (QED) is 0.672. The molecule has 1 atom stereocenters. The molecule has 6 heteroatoms. The molecule has 132 valence electrons. The zero-order valence-corrected chi connectivity index (χ0v) is 14.0. The molecule has 0 saturated heterocycles. The van der Waals surface area contributed by atoms with Gasteiger partial charge in [0, 0.05) is 36.2 Å². The summed E-state index contributed by atoms with van der Waals surface area (Å²) in [7, 11) is 0. The summed E-state index contributed by atoms with van der Waals surface area (Å²) in [5.74, 6) is -2.54. The summed E-state index contributed by atoms with van der Waals surface area (Å²) in [4.78, 5) is 28.4. The molecular formula is C20H18N2O4. The van der Waals surface area contributed by atoms with Crippen LogP contribution in [0.25, 0.3) is 10.9 Å². The number of nitrogens with one attached hydrogen (secondary N) is 1. The van der Waals surface area contributed by atoms with Gasteiger partial charge >= 0.3 is 11.9 Å². The first-order valence-corrected chi connectivity index (χ1v) is 8.40. The summed E-state index contributed by atoms with van der Waals surface area (Å²) in [5, 5.41) is 19.7. The molecule has 2 heterocycles. The lowest BCUT2D eigenvalue weighted by Gasteiger charge is -2.31. The number of carboxylic acids is 2. The molecule has 0 amide bonds. The predicted molar refractivity (Wildman–Crippen MR) is 96.2 cm³/mol. The molecule has 0 spiro atoms. The van der Waals surface area contributed by atoms with Gasteiger partial charge in [0.05, 0.1) is 5.56 Å². The maximum absolute atomic E-state index is 11.8. The van der Waals surface area contributed by atoms with Crippen molar-refractivity contribution in [3.05, 3.63) is 70.9 Å². The van der Waals surface area contributed by atoms with Gasteiger partial charge in [-0.1, -0.05) is 30.3 Å². The van der Waals surface area contributed by atoms with Gasteiger partial charge < -0.3 is 15.2 Å². The van der Waals surface area contributed by atoms with E-state index in [1.165, 1.54) is 6.07 Å². The van der Waals surface area contributed by atoms with Crippen molar-refractivity contribution >= 4 is 22.8 Å². The zero-order valence-electron chi connectivity index (χ0n) is 14.0. The summed E-state index contributed by atoms with van der Waals surface area (Å²) in [6, 6.07) is 14.8. The number of fused-ring (bicyclic) bond motifs is 3. The van der Waals surface area contributed by atoms with Crippen LogP contribution in [0.15, 0.2) is 48.5 Å². The number of hydrogen-bond donors (Lipinski definition) is 3. The lowest BCUT2D eigenvalue weighted by Crippen LogP contribution is -2.36. The molecule has 26 heavy (non-hydrogen) atoms. The van der Waals surface area contributed by atoms with Crippen LogP contribution in [0.3, 0.4) is 0 Å². The summed E-state index contributed by atoms with van der Waals surface area (Å²) >= 11 is 0. The Kier molecular flexibility index (Phi) is 3.97. The third kappa shape index (κ3) is 2.84. The van der Waals surface area contributed by atoms with E-state index in [4.69, 9.17) is 0 Å². The Hall–Kier alpha value is -3.12. The van der Waals surface area contributed by atoms with E-state index in [0.29, 0.717) is 25.3 Å². The molecule has 0 saturated carbocycles. The van der Waals surface area contributed by atoms with Crippen LogP contribution < -0.4 is 0 Å². The average Bonchev–Trinajstić information content (AvgIpc) is 2.99. The van der Waals surface area contributed by atoms with Gasteiger partial charge in [-0.05, 0) is 29.3 Å². The highest BCUT2D eigenvalue weighted by Crippen LogP contribution is 2.35. The molecule has 0 radical (unpaired) electrons. The Morgan fingerprint density at radius 1 is 1.12 bits per heavy atom. The minimum Gasteiger partial charge on any atom is -0.481 e. The normalized spacial score (nSPS) is 17.2. The first kappa shape index (κ1) is 16.4. The number of aliphatic carboxylic acids is 1. The lowest BCUT2D eigenvalue weighted by atomic mass is 9.94. The van der Waals surface area contributed by atoms with Crippen molar-refractivity contribution in [2.24, 2.45) is 0 Å². The first-order chi connectivity index (χ1) is 12.5. The molecule has 0 bridgehead atoms. The van der Waals surface area contributed by atoms with Gasteiger partial charge in [-0.3, -0.25) is 9.69 Å². The van der Waals surface area contributed by atoms with Crippen molar-refractivity contribution in [3.63, 3.8) is 0 Å². The fraction of sp³-hybridized carbons (Fsp3) is 0.200. The second-order valence-corrected chi connectivity index (χ2v) is 6.63. The van der Waals surface area contributed by atoms with E-state index in [2.05, 4.69) is 9.88 Å². The zero-order chi connectivity index (χ0) is 18.3. The van der Waals surface area contributed by atoms with Gasteiger partial charge in [0.2, 0.25) is 0 Å². The van der Waals surface area contributed by atoms with Crippen LogP contribution in [0.4, 0.5) is 0 Å². The number of aromatic nitrogens is 1. The summed E-state index contributed by atoms with van der Waals surface area (Å²) in [6.45, 7) is 1.64. The first-order valence-electron chi connectivity index (χ1n) is 8.40. The van der Waals surface area contributed by atoms with E-state index >= 15 is 0 Å². The fourth-order valence-corrected chi connectivity index (χ4v) is 3.67. The third-order valence-corrected chi connectivity index (χ3v) is 4.90. The second kappa shape index (κ2) is 6.31. The molecule has 1 aliphatic heterocycles. The monoisotopic (exact) mass is 350 g/mol. The predicted octanol–water partition coefficient (Wildman–Crippen LogP) is 3.05. The summed E-state index contributed by atoms with van der Waals surface area (Å²) < 4.78 is 0. The van der Waals surface area contributed by atoms with E-state index in [0.717, 1.165) is 22.0 Å². The number of rotatable bonds is 4. The highest BCUT2D eigenvalue weighted by Gasteiger charge is 2.33. The number of benzene rings is 2. The van der Waals surface area contributed by atoms with E-state index < -0.39 is 17.9 Å². The Bertz CT molecular complexity index is 994. The number of nitrogens with zero attached hydrogens (tertiary/aromatic N) is 1. The van der Waals surface area contributed by atoms with Crippen LogP contribution in [0, 0.1) is 0 Å². The van der Waals surface area contributed by atoms with Gasteiger partial charge in [-0.15, -0.1) is 0 Å². The molecule has 1 unspecified atom stereocenters. The highest BCUT2D eigenvalue weighted by atomic mass is 16.4. The van der Waals surface area contributed by atoms with Crippen molar-refractivity contribution in [2.75, 3.05) is 6.54 Å².